The molecule has 248 valence electrons. The van der Waals surface area contributed by atoms with Crippen LogP contribution >= 0.6 is 0 Å². The summed E-state index contributed by atoms with van der Waals surface area (Å²) in [6.07, 6.45) is 46.5. The van der Waals surface area contributed by atoms with Crippen molar-refractivity contribution in [2.24, 2.45) is 0 Å². The van der Waals surface area contributed by atoms with Crippen molar-refractivity contribution in [2.75, 3.05) is 13.2 Å². The van der Waals surface area contributed by atoms with E-state index in [1.165, 1.54) is 32.1 Å². The third kappa shape index (κ3) is 32.0. The van der Waals surface area contributed by atoms with E-state index in [-0.39, 0.29) is 31.6 Å². The Morgan fingerprint density at radius 2 is 1.02 bits per heavy atom. The summed E-state index contributed by atoms with van der Waals surface area (Å²) in [5, 5.41) is 9.49. The number of hydrogen-bond acceptors (Lipinski definition) is 5. The molecule has 0 aliphatic rings. The van der Waals surface area contributed by atoms with Crippen LogP contribution in [0.3, 0.4) is 0 Å². The summed E-state index contributed by atoms with van der Waals surface area (Å²) in [6.45, 7) is 3.88. The topological polar surface area (TPSA) is 72.8 Å². The number of carbonyl (C=O) groups is 2. The SMILES string of the molecule is CC/C=C/C/C=C/C/C=C/C/C=C/C/C=C/C/C=C/CCC(=O)OC[C@H](CO)OC(=O)CCCCCCC/C=C/CCCC. The van der Waals surface area contributed by atoms with Crippen molar-refractivity contribution in [1.29, 1.82) is 0 Å². The molecule has 0 spiro atoms. The Bertz CT molecular complexity index is 875. The zero-order valence-corrected chi connectivity index (χ0v) is 27.9. The summed E-state index contributed by atoms with van der Waals surface area (Å²) in [4.78, 5) is 24.1. The molecule has 0 unspecified atom stereocenters. The van der Waals surface area contributed by atoms with Gasteiger partial charge in [-0.2, -0.15) is 0 Å². The lowest BCUT2D eigenvalue weighted by molar-refractivity contribution is -0.161. The molecule has 0 aromatic heterocycles. The molecule has 5 nitrogen and oxygen atoms in total. The van der Waals surface area contributed by atoms with E-state index in [9.17, 15) is 14.7 Å². The van der Waals surface area contributed by atoms with Gasteiger partial charge < -0.3 is 14.6 Å². The number of aliphatic hydroxyl groups is 1. The van der Waals surface area contributed by atoms with Crippen LogP contribution in [0.15, 0.2) is 85.1 Å². The van der Waals surface area contributed by atoms with Gasteiger partial charge in [-0.25, -0.2) is 0 Å². The number of ether oxygens (including phenoxy) is 2. The van der Waals surface area contributed by atoms with Gasteiger partial charge in [0.15, 0.2) is 6.10 Å². The molecule has 0 aliphatic heterocycles. The van der Waals surface area contributed by atoms with E-state index in [2.05, 4.69) is 86.8 Å². The Hall–Kier alpha value is -2.92. The molecule has 0 aromatic carbocycles. The van der Waals surface area contributed by atoms with Crippen LogP contribution in [0.5, 0.6) is 0 Å². The lowest BCUT2D eigenvalue weighted by Crippen LogP contribution is -2.28. The van der Waals surface area contributed by atoms with Crippen LogP contribution in [0, 0.1) is 0 Å². The van der Waals surface area contributed by atoms with Gasteiger partial charge in [0.05, 0.1) is 6.61 Å². The third-order valence-corrected chi connectivity index (χ3v) is 6.69. The Balaban J connectivity index is 3.78. The van der Waals surface area contributed by atoms with Crippen molar-refractivity contribution in [3.05, 3.63) is 85.1 Å². The second kappa shape index (κ2) is 34.6. The van der Waals surface area contributed by atoms with Gasteiger partial charge in [0.25, 0.3) is 0 Å². The minimum Gasteiger partial charge on any atom is -0.462 e. The van der Waals surface area contributed by atoms with Crippen molar-refractivity contribution in [3.8, 4) is 0 Å². The Morgan fingerprint density at radius 1 is 0.545 bits per heavy atom. The largest absolute Gasteiger partial charge is 0.462 e. The summed E-state index contributed by atoms with van der Waals surface area (Å²) in [5.41, 5.74) is 0. The molecule has 0 saturated heterocycles. The van der Waals surface area contributed by atoms with E-state index >= 15 is 0 Å². The van der Waals surface area contributed by atoms with Gasteiger partial charge in [-0.15, -0.1) is 0 Å². The van der Waals surface area contributed by atoms with Gasteiger partial charge in [0, 0.05) is 12.8 Å². The first-order valence-corrected chi connectivity index (χ1v) is 17.1. The van der Waals surface area contributed by atoms with Gasteiger partial charge in [0.2, 0.25) is 0 Å². The first-order chi connectivity index (χ1) is 21.6. The maximum atomic E-state index is 12.1. The minimum atomic E-state index is -0.809. The summed E-state index contributed by atoms with van der Waals surface area (Å²) < 4.78 is 10.5. The maximum Gasteiger partial charge on any atom is 0.306 e. The fourth-order valence-electron chi connectivity index (χ4n) is 4.09. The third-order valence-electron chi connectivity index (χ3n) is 6.69. The fourth-order valence-corrected chi connectivity index (χ4v) is 4.09. The highest BCUT2D eigenvalue weighted by molar-refractivity contribution is 5.70. The first kappa shape index (κ1) is 41.1. The molecule has 44 heavy (non-hydrogen) atoms. The molecule has 0 aliphatic carbocycles. The summed E-state index contributed by atoms with van der Waals surface area (Å²) in [7, 11) is 0. The van der Waals surface area contributed by atoms with Gasteiger partial charge >= 0.3 is 11.9 Å². The molecule has 0 aromatic rings. The zero-order valence-electron chi connectivity index (χ0n) is 27.9. The number of unbranched alkanes of at least 4 members (excludes halogenated alkanes) is 7. The quantitative estimate of drug-likeness (QED) is 0.0518. The Labute approximate surface area is 269 Å². The average Bonchev–Trinajstić information content (AvgIpc) is 3.02. The smallest absolute Gasteiger partial charge is 0.306 e. The number of rotatable bonds is 29. The van der Waals surface area contributed by atoms with Crippen molar-refractivity contribution in [3.63, 3.8) is 0 Å². The predicted octanol–water partition coefficient (Wildman–Crippen LogP) is 10.4. The van der Waals surface area contributed by atoms with Gasteiger partial charge in [0.1, 0.15) is 6.61 Å². The fraction of sp³-hybridized carbons (Fsp3) is 0.590. The molecule has 1 N–H and O–H groups in total. The molecule has 0 fully saturated rings. The number of allylic oxidation sites excluding steroid dienone is 14. The van der Waals surface area contributed by atoms with Crippen LogP contribution in [-0.2, 0) is 19.1 Å². The summed E-state index contributed by atoms with van der Waals surface area (Å²) in [5.74, 6) is -0.712. The van der Waals surface area contributed by atoms with Crippen LogP contribution in [0.25, 0.3) is 0 Å². The standard InChI is InChI=1S/C39H62O5/c1-3-5-7-9-11-13-15-16-17-18-19-20-21-22-24-25-27-29-31-33-38(41)43-36-37(35-40)44-39(42)34-32-30-28-26-23-14-12-10-8-6-4-2/h5,7,10-13,16-17,19-20,22,24,27,29,37,40H,3-4,6,8-9,14-15,18,21,23,25-26,28,30-36H2,1-2H3/b7-5+,12-10+,13-11+,17-16+,20-19+,24-22+,29-27+/t37-/m0/s1. The lowest BCUT2D eigenvalue weighted by atomic mass is 10.1. The van der Waals surface area contributed by atoms with E-state index in [1.54, 1.807) is 0 Å². The normalized spacial score (nSPS) is 13.2. The molecule has 5 heteroatoms. The highest BCUT2D eigenvalue weighted by Crippen LogP contribution is 2.10. The molecule has 1 atom stereocenters. The van der Waals surface area contributed by atoms with E-state index in [0.717, 1.165) is 64.2 Å². The van der Waals surface area contributed by atoms with Crippen molar-refractivity contribution < 1.29 is 24.2 Å². The van der Waals surface area contributed by atoms with Crippen molar-refractivity contribution in [2.45, 2.75) is 136 Å². The molecular formula is C39H62O5. The second-order valence-electron chi connectivity index (χ2n) is 10.9. The highest BCUT2D eigenvalue weighted by Gasteiger charge is 2.15. The average molecular weight is 611 g/mol. The van der Waals surface area contributed by atoms with E-state index < -0.39 is 6.10 Å². The molecule has 0 rings (SSSR count). The predicted molar refractivity (Wildman–Crippen MR) is 186 cm³/mol. The van der Waals surface area contributed by atoms with Gasteiger partial charge in [-0.1, -0.05) is 131 Å². The van der Waals surface area contributed by atoms with E-state index in [1.807, 2.05) is 12.2 Å². The van der Waals surface area contributed by atoms with Crippen LogP contribution in [0.1, 0.15) is 129 Å². The van der Waals surface area contributed by atoms with Crippen LogP contribution < -0.4 is 0 Å². The molecule has 0 bridgehead atoms. The minimum absolute atomic E-state index is 0.114. The van der Waals surface area contributed by atoms with Gasteiger partial charge in [-0.3, -0.25) is 9.59 Å². The Kier molecular flexibility index (Phi) is 32.3. The highest BCUT2D eigenvalue weighted by atomic mass is 16.6. The summed E-state index contributed by atoms with van der Waals surface area (Å²) in [6, 6.07) is 0. The van der Waals surface area contributed by atoms with E-state index in [0.29, 0.717) is 12.8 Å². The van der Waals surface area contributed by atoms with Crippen LogP contribution in [-0.4, -0.2) is 36.4 Å². The monoisotopic (exact) mass is 610 g/mol. The second-order valence-corrected chi connectivity index (χ2v) is 10.9. The molecule has 0 heterocycles. The molecule has 0 saturated carbocycles. The van der Waals surface area contributed by atoms with Crippen molar-refractivity contribution in [1.82, 2.24) is 0 Å². The van der Waals surface area contributed by atoms with Crippen molar-refractivity contribution >= 4 is 11.9 Å². The number of aliphatic hydroxyl groups excluding tert-OH is 1. The Morgan fingerprint density at radius 3 is 1.57 bits per heavy atom. The molecule has 0 amide bonds. The molecule has 0 radical (unpaired) electrons. The number of carbonyl (C=O) groups excluding carboxylic acids is 2. The number of hydrogen-bond donors (Lipinski definition) is 1. The first-order valence-electron chi connectivity index (χ1n) is 17.1. The maximum absolute atomic E-state index is 12.1. The van der Waals surface area contributed by atoms with Gasteiger partial charge in [-0.05, 0) is 70.6 Å². The number of esters is 2. The zero-order chi connectivity index (χ0) is 32.2. The summed E-state index contributed by atoms with van der Waals surface area (Å²) >= 11 is 0. The van der Waals surface area contributed by atoms with Crippen LogP contribution in [0.4, 0.5) is 0 Å². The van der Waals surface area contributed by atoms with Crippen LogP contribution in [0.2, 0.25) is 0 Å². The lowest BCUT2D eigenvalue weighted by Gasteiger charge is -2.15. The molecular weight excluding hydrogens is 548 g/mol. The van der Waals surface area contributed by atoms with E-state index in [4.69, 9.17) is 9.47 Å².